The molecule has 0 atom stereocenters. The van der Waals surface area contributed by atoms with Gasteiger partial charge in [0.1, 0.15) is 0 Å². The Bertz CT molecular complexity index is 110. The van der Waals surface area contributed by atoms with Crippen LogP contribution in [-0.2, 0) is 0 Å². The second kappa shape index (κ2) is 6.55. The maximum atomic E-state index is 11.5. The zero-order chi connectivity index (χ0) is 10.4. The lowest BCUT2D eigenvalue weighted by Crippen LogP contribution is -2.32. The number of hydrogen-bond donors (Lipinski definition) is 3. The lowest BCUT2D eigenvalue weighted by Gasteiger charge is -2.35. The summed E-state index contributed by atoms with van der Waals surface area (Å²) in [5, 5.41) is 4.71. The third-order valence-corrected chi connectivity index (χ3v) is 1.92. The first-order valence-corrected chi connectivity index (χ1v) is 4.96. The molecular formula is C5H16F2N2O2S. The molecule has 0 saturated heterocycles. The Labute approximate surface area is 73.0 Å². The van der Waals surface area contributed by atoms with Crippen molar-refractivity contribution in [3.8, 4) is 0 Å². The van der Waals surface area contributed by atoms with Gasteiger partial charge in [-0.05, 0) is 0 Å². The Morgan fingerprint density at radius 1 is 1.42 bits per heavy atom. The molecule has 7 heteroatoms. The van der Waals surface area contributed by atoms with Gasteiger partial charge in [-0.25, -0.2) is 13.9 Å². The summed E-state index contributed by atoms with van der Waals surface area (Å²) in [6.07, 6.45) is -2.61. The quantitative estimate of drug-likeness (QED) is 0.658. The van der Waals surface area contributed by atoms with Crippen molar-refractivity contribution in [1.82, 2.24) is 4.31 Å². The number of hydrogen-bond acceptors (Lipinski definition) is 4. The van der Waals surface area contributed by atoms with E-state index < -0.39 is 23.9 Å². The fourth-order valence-corrected chi connectivity index (χ4v) is 0.636. The first-order valence-electron chi connectivity index (χ1n) is 3.39. The summed E-state index contributed by atoms with van der Waals surface area (Å²) in [6, 6.07) is 0. The van der Waals surface area contributed by atoms with Crippen LogP contribution in [0.1, 0.15) is 13.8 Å². The van der Waals surface area contributed by atoms with Crippen molar-refractivity contribution in [2.45, 2.75) is 20.3 Å². The van der Waals surface area contributed by atoms with Crippen LogP contribution in [0.3, 0.4) is 0 Å². The average Bonchev–Trinajstić information content (AvgIpc) is 1.88. The molecule has 0 heterocycles. The highest BCUT2D eigenvalue weighted by Gasteiger charge is 2.16. The summed E-state index contributed by atoms with van der Waals surface area (Å²) in [6.45, 7) is 3.26. The average molecular weight is 206 g/mol. The molecule has 0 aliphatic heterocycles. The van der Waals surface area contributed by atoms with Gasteiger partial charge in [-0.1, -0.05) is 24.8 Å². The van der Waals surface area contributed by atoms with E-state index in [0.717, 1.165) is 7.05 Å². The van der Waals surface area contributed by atoms with Crippen molar-refractivity contribution in [2.75, 3.05) is 13.6 Å². The fraction of sp³-hybridized carbons (Fsp3) is 1.00. The van der Waals surface area contributed by atoms with Crippen LogP contribution in [0.2, 0.25) is 0 Å². The van der Waals surface area contributed by atoms with E-state index in [1.165, 1.54) is 0 Å². The highest BCUT2D eigenvalue weighted by molar-refractivity contribution is 8.20. The highest BCUT2D eigenvalue weighted by Crippen LogP contribution is 2.31. The molecule has 0 aliphatic carbocycles. The van der Waals surface area contributed by atoms with Gasteiger partial charge in [-0.15, -0.1) is 0 Å². The Morgan fingerprint density at radius 3 is 1.83 bits per heavy atom. The van der Waals surface area contributed by atoms with Crippen molar-refractivity contribution in [3.05, 3.63) is 0 Å². The van der Waals surface area contributed by atoms with Crippen LogP contribution >= 0.6 is 11.0 Å². The summed E-state index contributed by atoms with van der Waals surface area (Å²) in [5.74, 6) is 0. The normalized spacial score (nSPS) is 12.8. The van der Waals surface area contributed by atoms with E-state index >= 15 is 0 Å². The molecule has 0 fully saturated rings. The molecule has 4 N–H and O–H groups in total. The van der Waals surface area contributed by atoms with Gasteiger partial charge in [-0.3, -0.25) is 9.11 Å². The van der Waals surface area contributed by atoms with Crippen LogP contribution in [0.25, 0.3) is 0 Å². The van der Waals surface area contributed by atoms with E-state index in [1.807, 2.05) is 13.8 Å². The first-order chi connectivity index (χ1) is 5.34. The van der Waals surface area contributed by atoms with E-state index in [4.69, 9.17) is 14.2 Å². The van der Waals surface area contributed by atoms with E-state index in [0.29, 0.717) is 4.31 Å². The molecule has 0 saturated carbocycles. The third kappa shape index (κ3) is 8.15. The molecule has 0 rings (SSSR count). The Morgan fingerprint density at radius 2 is 1.75 bits per heavy atom. The number of nitrogens with zero attached hydrogens (tertiary/aromatic N) is 1. The van der Waals surface area contributed by atoms with Crippen molar-refractivity contribution >= 4 is 11.0 Å². The van der Waals surface area contributed by atoms with Crippen molar-refractivity contribution in [1.29, 1.82) is 0 Å². The smallest absolute Gasteiger partial charge is 0.252 e. The van der Waals surface area contributed by atoms with E-state index in [-0.39, 0.29) is 0 Å². The minimum Gasteiger partial charge on any atom is -0.273 e. The third-order valence-electron chi connectivity index (χ3n) is 0.854. The predicted octanol–water partition coefficient (Wildman–Crippen LogP) is 1.75. The van der Waals surface area contributed by atoms with Crippen LogP contribution in [0.15, 0.2) is 0 Å². The molecule has 0 radical (unpaired) electrons. The molecule has 78 valence electrons. The van der Waals surface area contributed by atoms with Gasteiger partial charge in [0.2, 0.25) is 0 Å². The molecule has 12 heavy (non-hydrogen) atoms. The van der Waals surface area contributed by atoms with Crippen molar-refractivity contribution < 1.29 is 17.9 Å². The van der Waals surface area contributed by atoms with E-state index in [1.54, 1.807) is 0 Å². The molecule has 0 unspecified atom stereocenters. The molecule has 0 spiro atoms. The number of rotatable bonds is 3. The second-order valence-corrected chi connectivity index (χ2v) is 3.51. The monoisotopic (exact) mass is 206 g/mol. The van der Waals surface area contributed by atoms with E-state index in [2.05, 4.69) is 0 Å². The molecule has 0 aliphatic rings. The molecule has 4 nitrogen and oxygen atoms in total. The van der Waals surface area contributed by atoms with Crippen molar-refractivity contribution in [2.24, 2.45) is 5.14 Å². The van der Waals surface area contributed by atoms with E-state index in [9.17, 15) is 8.78 Å². The lowest BCUT2D eigenvalue weighted by molar-refractivity contribution is 0.123. The summed E-state index contributed by atoms with van der Waals surface area (Å²) >= 11 is 0. The molecule has 0 aromatic rings. The van der Waals surface area contributed by atoms with Gasteiger partial charge >= 0.3 is 0 Å². The fourth-order valence-electron chi connectivity index (χ4n) is 0.304. The van der Waals surface area contributed by atoms with Gasteiger partial charge in [0.25, 0.3) is 6.43 Å². The largest absolute Gasteiger partial charge is 0.273 e. The summed E-state index contributed by atoms with van der Waals surface area (Å²) in [4.78, 5) is 0. The van der Waals surface area contributed by atoms with Gasteiger partial charge in [-0.2, -0.15) is 4.31 Å². The predicted molar refractivity (Wildman–Crippen MR) is 47.0 cm³/mol. The molecule has 0 amide bonds. The van der Waals surface area contributed by atoms with Crippen LogP contribution in [0, 0.1) is 0 Å². The summed E-state index contributed by atoms with van der Waals surface area (Å²) < 4.78 is 40.7. The number of alkyl halides is 2. The SMILES string of the molecule is CC.CN(CC(F)F)S(N)(O)O. The molecule has 0 bridgehead atoms. The summed E-state index contributed by atoms with van der Waals surface area (Å²) in [5.41, 5.74) is 0. The zero-order valence-electron chi connectivity index (χ0n) is 7.37. The first kappa shape index (κ1) is 14.6. The Kier molecular flexibility index (Phi) is 7.96. The maximum Gasteiger partial charge on any atom is 0.252 e. The van der Waals surface area contributed by atoms with Crippen molar-refractivity contribution in [3.63, 3.8) is 0 Å². The van der Waals surface area contributed by atoms with Gasteiger partial charge in [0.05, 0.1) is 6.54 Å². The zero-order valence-corrected chi connectivity index (χ0v) is 8.18. The number of nitrogens with two attached hydrogens (primary N) is 1. The van der Waals surface area contributed by atoms with Crippen LogP contribution in [0.5, 0.6) is 0 Å². The van der Waals surface area contributed by atoms with Crippen LogP contribution in [-0.4, -0.2) is 33.4 Å². The highest BCUT2D eigenvalue weighted by atomic mass is 32.3. The molecule has 0 aromatic heterocycles. The lowest BCUT2D eigenvalue weighted by atomic mass is 10.7. The Hall–Kier alpha value is 0.0500. The standard InChI is InChI=1S/C3H10F2N2O2S.C2H6/c1-7(2-3(4)5)10(6,8)9;1-2/h3,8-9H,2,6H2,1H3;1-2H3. The van der Waals surface area contributed by atoms with Gasteiger partial charge in [0.15, 0.2) is 0 Å². The second-order valence-electron chi connectivity index (χ2n) is 1.76. The summed E-state index contributed by atoms with van der Waals surface area (Å²) in [7, 11) is -2.33. The minimum atomic E-state index is -3.44. The topological polar surface area (TPSA) is 69.7 Å². The number of halogens is 2. The maximum absolute atomic E-state index is 11.5. The minimum absolute atomic E-state index is 0.609. The molecular weight excluding hydrogens is 190 g/mol. The Balaban J connectivity index is 0. The van der Waals surface area contributed by atoms with Gasteiger partial charge in [0, 0.05) is 7.05 Å². The molecule has 0 aromatic carbocycles. The van der Waals surface area contributed by atoms with Crippen LogP contribution < -0.4 is 5.14 Å². The van der Waals surface area contributed by atoms with Gasteiger partial charge < -0.3 is 0 Å². The van der Waals surface area contributed by atoms with Crippen LogP contribution in [0.4, 0.5) is 8.78 Å².